The normalized spacial score (nSPS) is 33.0. The van der Waals surface area contributed by atoms with Gasteiger partial charge >= 0.3 is 0 Å². The summed E-state index contributed by atoms with van der Waals surface area (Å²) in [5, 5.41) is 12.9. The summed E-state index contributed by atoms with van der Waals surface area (Å²) in [6, 6.07) is 15.0. The highest BCUT2D eigenvalue weighted by Gasteiger charge is 2.49. The highest BCUT2D eigenvalue weighted by molar-refractivity contribution is 5.85. The number of rotatable bonds is 3. The van der Waals surface area contributed by atoms with Crippen molar-refractivity contribution in [2.24, 2.45) is 17.8 Å². The first-order chi connectivity index (χ1) is 11.2. The van der Waals surface area contributed by atoms with E-state index in [0.29, 0.717) is 18.1 Å². The van der Waals surface area contributed by atoms with Crippen molar-refractivity contribution in [3.05, 3.63) is 48.0 Å². The average Bonchev–Trinajstić information content (AvgIpc) is 2.88. The van der Waals surface area contributed by atoms with Crippen molar-refractivity contribution >= 4 is 16.6 Å². The fourth-order valence-corrected chi connectivity index (χ4v) is 5.02. The maximum absolute atomic E-state index is 12.6. The second kappa shape index (κ2) is 5.76. The second-order valence-corrected chi connectivity index (χ2v) is 7.36. The summed E-state index contributed by atoms with van der Waals surface area (Å²) in [5.41, 5.74) is 1.28. The van der Waals surface area contributed by atoms with Gasteiger partial charge in [-0.2, -0.15) is 0 Å². The smallest absolute Gasteiger partial charge is 0.136 e. The lowest BCUT2D eigenvalue weighted by Crippen LogP contribution is -2.35. The zero-order chi connectivity index (χ0) is 16.0. The molecule has 2 heteroatoms. The maximum Gasteiger partial charge on any atom is 0.136 e. The molecule has 0 spiro atoms. The minimum Gasteiger partial charge on any atom is -0.393 e. The van der Waals surface area contributed by atoms with E-state index in [9.17, 15) is 9.90 Å². The van der Waals surface area contributed by atoms with E-state index in [0.717, 1.165) is 19.3 Å². The van der Waals surface area contributed by atoms with Crippen LogP contribution in [-0.2, 0) is 4.79 Å². The number of aliphatic hydroxyl groups is 1. The van der Waals surface area contributed by atoms with Crippen LogP contribution in [0.25, 0.3) is 10.8 Å². The van der Waals surface area contributed by atoms with E-state index in [2.05, 4.69) is 42.5 Å². The van der Waals surface area contributed by atoms with E-state index in [1.165, 1.54) is 16.3 Å². The van der Waals surface area contributed by atoms with Crippen LogP contribution in [0.1, 0.15) is 44.1 Å². The summed E-state index contributed by atoms with van der Waals surface area (Å²) in [5.74, 6) is 1.33. The first-order valence-corrected chi connectivity index (χ1v) is 8.87. The molecule has 0 radical (unpaired) electrons. The zero-order valence-corrected chi connectivity index (χ0v) is 13.6. The number of hydrogen-bond donors (Lipinski definition) is 1. The van der Waals surface area contributed by atoms with Gasteiger partial charge in [-0.15, -0.1) is 0 Å². The van der Waals surface area contributed by atoms with Gasteiger partial charge in [0.1, 0.15) is 5.78 Å². The van der Waals surface area contributed by atoms with Crippen molar-refractivity contribution in [2.45, 2.75) is 44.6 Å². The van der Waals surface area contributed by atoms with Gasteiger partial charge in [0.25, 0.3) is 0 Å². The Kier molecular flexibility index (Phi) is 3.73. The summed E-state index contributed by atoms with van der Waals surface area (Å²) >= 11 is 0. The molecule has 2 bridgehead atoms. The molecule has 1 N–H and O–H groups in total. The van der Waals surface area contributed by atoms with E-state index < -0.39 is 0 Å². The third kappa shape index (κ3) is 2.49. The van der Waals surface area contributed by atoms with Crippen molar-refractivity contribution in [1.82, 2.24) is 0 Å². The number of carbonyl (C=O) groups excluding carboxylic acids is 1. The molecule has 0 heterocycles. The minimum absolute atomic E-state index is 0.00471. The van der Waals surface area contributed by atoms with Crippen molar-refractivity contribution in [1.29, 1.82) is 0 Å². The lowest BCUT2D eigenvalue weighted by atomic mass is 9.67. The molecule has 2 saturated carbocycles. The van der Waals surface area contributed by atoms with Crippen LogP contribution < -0.4 is 0 Å². The molecule has 5 unspecified atom stereocenters. The number of carbonyl (C=O) groups is 1. The highest BCUT2D eigenvalue weighted by atomic mass is 16.3. The number of benzene rings is 2. The van der Waals surface area contributed by atoms with Gasteiger partial charge in [0.15, 0.2) is 0 Å². The zero-order valence-electron chi connectivity index (χ0n) is 13.6. The molecular formula is C21H24O2. The van der Waals surface area contributed by atoms with Gasteiger partial charge in [-0.1, -0.05) is 49.4 Å². The van der Waals surface area contributed by atoms with E-state index >= 15 is 0 Å². The van der Waals surface area contributed by atoms with Gasteiger partial charge in [-0.25, -0.2) is 0 Å². The molecule has 2 nitrogen and oxygen atoms in total. The minimum atomic E-state index is -0.286. The Morgan fingerprint density at radius 1 is 1.09 bits per heavy atom. The van der Waals surface area contributed by atoms with Crippen LogP contribution in [0.3, 0.4) is 0 Å². The molecule has 23 heavy (non-hydrogen) atoms. The van der Waals surface area contributed by atoms with Crippen LogP contribution in [0.5, 0.6) is 0 Å². The Morgan fingerprint density at radius 2 is 1.87 bits per heavy atom. The first kappa shape index (κ1) is 14.9. The first-order valence-electron chi connectivity index (χ1n) is 8.87. The fourth-order valence-electron chi connectivity index (χ4n) is 5.02. The Labute approximate surface area is 137 Å². The molecule has 2 aromatic rings. The number of ketones is 1. The third-order valence-electron chi connectivity index (χ3n) is 6.08. The van der Waals surface area contributed by atoms with Crippen LogP contribution in [0, 0.1) is 17.8 Å². The van der Waals surface area contributed by atoms with Gasteiger partial charge in [0, 0.05) is 12.3 Å². The molecule has 2 aliphatic rings. The molecule has 0 aliphatic heterocycles. The Bertz CT molecular complexity index is 735. The maximum atomic E-state index is 12.6. The number of aliphatic hydroxyl groups excluding tert-OH is 1. The van der Waals surface area contributed by atoms with Crippen LogP contribution in [0.2, 0.25) is 0 Å². The Balaban J connectivity index is 1.76. The number of hydrogen-bond acceptors (Lipinski definition) is 2. The Morgan fingerprint density at radius 3 is 2.65 bits per heavy atom. The highest BCUT2D eigenvalue weighted by Crippen LogP contribution is 2.52. The Hall–Kier alpha value is -1.67. The van der Waals surface area contributed by atoms with Gasteiger partial charge in [-0.05, 0) is 53.4 Å². The molecule has 2 aliphatic carbocycles. The van der Waals surface area contributed by atoms with Crippen LogP contribution >= 0.6 is 0 Å². The predicted molar refractivity (Wildman–Crippen MR) is 92.3 cm³/mol. The summed E-state index contributed by atoms with van der Waals surface area (Å²) in [4.78, 5) is 12.6. The lowest BCUT2D eigenvalue weighted by molar-refractivity contribution is -0.127. The quantitative estimate of drug-likeness (QED) is 0.917. The van der Waals surface area contributed by atoms with Gasteiger partial charge in [-0.3, -0.25) is 4.79 Å². The molecule has 4 rings (SSSR count). The van der Waals surface area contributed by atoms with Gasteiger partial charge < -0.3 is 5.11 Å². The number of Topliss-reactive ketones (excluding diaryl/α,β-unsaturated/α-hetero) is 1. The standard InChI is InChI=1S/C21H24O2/c1-2-19(22)21-17(9-13-10-18(21)20(23)11-13)16-8-7-14-5-3-4-6-15(14)12-16/h3-8,12-13,17-18,20-21,23H,2,9-11H2,1H3. The summed E-state index contributed by atoms with van der Waals surface area (Å²) in [7, 11) is 0. The molecule has 2 fully saturated rings. The van der Waals surface area contributed by atoms with E-state index in [-0.39, 0.29) is 23.9 Å². The SMILES string of the molecule is CCC(=O)C1C(c2ccc3ccccc3c2)CC2CC(O)C1C2. The monoisotopic (exact) mass is 308 g/mol. The van der Waals surface area contributed by atoms with Crippen molar-refractivity contribution in [2.75, 3.05) is 0 Å². The molecule has 120 valence electrons. The van der Waals surface area contributed by atoms with Crippen LogP contribution in [0.15, 0.2) is 42.5 Å². The van der Waals surface area contributed by atoms with Gasteiger partial charge in [0.2, 0.25) is 0 Å². The van der Waals surface area contributed by atoms with Gasteiger partial charge in [0.05, 0.1) is 6.10 Å². The summed E-state index contributed by atoms with van der Waals surface area (Å²) in [6.07, 6.45) is 3.24. The predicted octanol–water partition coefficient (Wildman–Crippen LogP) is 4.31. The largest absolute Gasteiger partial charge is 0.393 e. The van der Waals surface area contributed by atoms with E-state index in [4.69, 9.17) is 0 Å². The average molecular weight is 308 g/mol. The number of fused-ring (bicyclic) bond motifs is 3. The molecule has 2 aromatic carbocycles. The van der Waals surface area contributed by atoms with E-state index in [1.54, 1.807) is 0 Å². The fraction of sp³-hybridized carbons (Fsp3) is 0.476. The van der Waals surface area contributed by atoms with Crippen LogP contribution in [0.4, 0.5) is 0 Å². The second-order valence-electron chi connectivity index (χ2n) is 7.36. The third-order valence-corrected chi connectivity index (χ3v) is 6.08. The van der Waals surface area contributed by atoms with Crippen molar-refractivity contribution in [3.63, 3.8) is 0 Å². The molecule has 5 atom stereocenters. The summed E-state index contributed by atoms with van der Waals surface area (Å²) < 4.78 is 0. The molecular weight excluding hydrogens is 284 g/mol. The molecule has 0 aromatic heterocycles. The lowest BCUT2D eigenvalue weighted by Gasteiger charge is -2.36. The summed E-state index contributed by atoms with van der Waals surface area (Å²) in [6.45, 7) is 1.95. The van der Waals surface area contributed by atoms with Crippen LogP contribution in [-0.4, -0.2) is 17.0 Å². The topological polar surface area (TPSA) is 37.3 Å². The van der Waals surface area contributed by atoms with Crippen molar-refractivity contribution < 1.29 is 9.90 Å². The molecule has 0 saturated heterocycles. The van der Waals surface area contributed by atoms with E-state index in [1.807, 2.05) is 6.92 Å². The van der Waals surface area contributed by atoms with Crippen molar-refractivity contribution in [3.8, 4) is 0 Å². The molecule has 0 amide bonds.